The van der Waals surface area contributed by atoms with Gasteiger partial charge >= 0.3 is 0 Å². The number of nitrogens with one attached hydrogen (secondary N) is 1. The van der Waals surface area contributed by atoms with Crippen molar-refractivity contribution in [2.45, 2.75) is 46.2 Å². The molecular formula is C13H21N3O2. The third-order valence-electron chi connectivity index (χ3n) is 3.05. The lowest BCUT2D eigenvalue weighted by molar-refractivity contribution is -0.123. The predicted molar refractivity (Wildman–Crippen MR) is 72.4 cm³/mol. The summed E-state index contributed by atoms with van der Waals surface area (Å²) in [5, 5.41) is 2.88. The first-order chi connectivity index (χ1) is 8.25. The SMILES string of the molecule is CCC(C)(C)NC(=O)Cn1cc(N)c(C)cc1=O. The van der Waals surface area contributed by atoms with Crippen molar-refractivity contribution in [2.75, 3.05) is 5.73 Å². The third kappa shape index (κ3) is 3.61. The Morgan fingerprint density at radius 2 is 2.11 bits per heavy atom. The highest BCUT2D eigenvalue weighted by atomic mass is 16.2. The van der Waals surface area contributed by atoms with Crippen molar-refractivity contribution in [3.05, 3.63) is 28.2 Å². The number of nitrogens with zero attached hydrogens (tertiary/aromatic N) is 1. The molecule has 0 spiro atoms. The van der Waals surface area contributed by atoms with Crippen molar-refractivity contribution in [3.8, 4) is 0 Å². The monoisotopic (exact) mass is 251 g/mol. The summed E-state index contributed by atoms with van der Waals surface area (Å²) in [4.78, 5) is 23.5. The largest absolute Gasteiger partial charge is 0.397 e. The molecule has 0 aliphatic heterocycles. The number of aryl methyl sites for hydroxylation is 1. The van der Waals surface area contributed by atoms with Crippen LogP contribution in [0.5, 0.6) is 0 Å². The van der Waals surface area contributed by atoms with Crippen LogP contribution >= 0.6 is 0 Å². The van der Waals surface area contributed by atoms with Crippen LogP contribution < -0.4 is 16.6 Å². The van der Waals surface area contributed by atoms with Gasteiger partial charge in [-0.3, -0.25) is 9.59 Å². The molecule has 5 heteroatoms. The number of hydrogen-bond acceptors (Lipinski definition) is 3. The topological polar surface area (TPSA) is 77.1 Å². The van der Waals surface area contributed by atoms with Crippen molar-refractivity contribution in [1.82, 2.24) is 9.88 Å². The van der Waals surface area contributed by atoms with Gasteiger partial charge in [0.2, 0.25) is 5.91 Å². The zero-order valence-electron chi connectivity index (χ0n) is 11.4. The Kier molecular flexibility index (Phi) is 4.16. The van der Waals surface area contributed by atoms with Crippen LogP contribution in [0.1, 0.15) is 32.8 Å². The number of anilines is 1. The maximum Gasteiger partial charge on any atom is 0.251 e. The number of rotatable bonds is 4. The van der Waals surface area contributed by atoms with E-state index in [0.29, 0.717) is 5.69 Å². The molecule has 0 aromatic carbocycles. The molecule has 0 aliphatic rings. The van der Waals surface area contributed by atoms with E-state index in [2.05, 4.69) is 5.32 Å². The Balaban J connectivity index is 2.83. The molecule has 0 fully saturated rings. The van der Waals surface area contributed by atoms with Crippen LogP contribution in [0.25, 0.3) is 0 Å². The number of aromatic nitrogens is 1. The zero-order valence-corrected chi connectivity index (χ0v) is 11.4. The quantitative estimate of drug-likeness (QED) is 0.839. The van der Waals surface area contributed by atoms with Crippen LogP contribution in [-0.4, -0.2) is 16.0 Å². The number of hydrogen-bond donors (Lipinski definition) is 2. The number of nitrogen functional groups attached to an aromatic ring is 1. The standard InChI is InChI=1S/C13H21N3O2/c1-5-13(3,4)15-11(17)8-16-7-10(14)9(2)6-12(16)18/h6-7H,5,8,14H2,1-4H3,(H,15,17). The molecule has 0 saturated heterocycles. The molecule has 18 heavy (non-hydrogen) atoms. The van der Waals surface area contributed by atoms with Gasteiger partial charge in [-0.1, -0.05) is 6.92 Å². The molecule has 1 amide bonds. The molecule has 1 aromatic heterocycles. The Hall–Kier alpha value is -1.78. The van der Waals surface area contributed by atoms with Gasteiger partial charge in [0.05, 0.1) is 5.69 Å². The molecule has 1 aromatic rings. The number of amides is 1. The summed E-state index contributed by atoms with van der Waals surface area (Å²) in [6.07, 6.45) is 2.33. The summed E-state index contributed by atoms with van der Waals surface area (Å²) in [7, 11) is 0. The molecule has 0 unspecified atom stereocenters. The Morgan fingerprint density at radius 3 is 2.67 bits per heavy atom. The molecule has 1 rings (SSSR count). The van der Waals surface area contributed by atoms with Crippen LogP contribution in [0.2, 0.25) is 0 Å². The minimum Gasteiger partial charge on any atom is -0.397 e. The minimum absolute atomic E-state index is 0.00720. The van der Waals surface area contributed by atoms with E-state index >= 15 is 0 Å². The van der Waals surface area contributed by atoms with Gasteiger partial charge < -0.3 is 15.6 Å². The molecule has 0 radical (unpaired) electrons. The molecule has 100 valence electrons. The summed E-state index contributed by atoms with van der Waals surface area (Å²) in [6, 6.07) is 1.44. The van der Waals surface area contributed by atoms with Crippen LogP contribution in [0.15, 0.2) is 17.1 Å². The summed E-state index contributed by atoms with van der Waals surface area (Å²) >= 11 is 0. The lowest BCUT2D eigenvalue weighted by atomic mass is 10.0. The van der Waals surface area contributed by atoms with Crippen molar-refractivity contribution in [3.63, 3.8) is 0 Å². The fourth-order valence-corrected chi connectivity index (χ4v) is 1.47. The fraction of sp³-hybridized carbons (Fsp3) is 0.538. The Labute approximate surface area is 107 Å². The zero-order chi connectivity index (χ0) is 13.9. The number of carbonyl (C=O) groups is 1. The van der Waals surface area contributed by atoms with E-state index in [0.717, 1.165) is 12.0 Å². The molecular weight excluding hydrogens is 230 g/mol. The summed E-state index contributed by atoms with van der Waals surface area (Å²) in [6.45, 7) is 7.64. The number of nitrogens with two attached hydrogens (primary N) is 1. The normalized spacial score (nSPS) is 11.3. The average Bonchev–Trinajstić information content (AvgIpc) is 2.25. The van der Waals surface area contributed by atoms with E-state index in [1.165, 1.54) is 16.8 Å². The van der Waals surface area contributed by atoms with Gasteiger partial charge in [0.1, 0.15) is 6.54 Å². The van der Waals surface area contributed by atoms with E-state index in [4.69, 9.17) is 5.73 Å². The average molecular weight is 251 g/mol. The highest BCUT2D eigenvalue weighted by molar-refractivity contribution is 5.76. The maximum atomic E-state index is 11.8. The molecule has 0 saturated carbocycles. The van der Waals surface area contributed by atoms with E-state index in [1.54, 1.807) is 6.92 Å². The smallest absolute Gasteiger partial charge is 0.251 e. The van der Waals surface area contributed by atoms with E-state index in [9.17, 15) is 9.59 Å². The van der Waals surface area contributed by atoms with Crippen molar-refractivity contribution in [1.29, 1.82) is 0 Å². The minimum atomic E-state index is -0.267. The van der Waals surface area contributed by atoms with Gasteiger partial charge in [-0.25, -0.2) is 0 Å². The lowest BCUT2D eigenvalue weighted by Gasteiger charge is -2.24. The molecule has 3 N–H and O–H groups in total. The first-order valence-electron chi connectivity index (χ1n) is 6.03. The van der Waals surface area contributed by atoms with Gasteiger partial charge in [0.15, 0.2) is 0 Å². The molecule has 0 aliphatic carbocycles. The molecule has 0 atom stereocenters. The molecule has 5 nitrogen and oxygen atoms in total. The first kappa shape index (κ1) is 14.3. The van der Waals surface area contributed by atoms with Crippen LogP contribution in [0.4, 0.5) is 5.69 Å². The van der Waals surface area contributed by atoms with Crippen molar-refractivity contribution in [2.24, 2.45) is 0 Å². The third-order valence-corrected chi connectivity index (χ3v) is 3.05. The predicted octanol–water partition coefficient (Wildman–Crippen LogP) is 1.04. The molecule has 0 bridgehead atoms. The highest BCUT2D eigenvalue weighted by Gasteiger charge is 2.18. The summed E-state index contributed by atoms with van der Waals surface area (Å²) in [5.41, 5.74) is 6.48. The molecule has 1 heterocycles. The van der Waals surface area contributed by atoms with Gasteiger partial charge in [-0.05, 0) is 32.8 Å². The van der Waals surface area contributed by atoms with Gasteiger partial charge in [-0.2, -0.15) is 0 Å². The maximum absolute atomic E-state index is 11.8. The number of pyridine rings is 1. The second-order valence-corrected chi connectivity index (χ2v) is 5.16. The van der Waals surface area contributed by atoms with Crippen LogP contribution in [-0.2, 0) is 11.3 Å². The van der Waals surface area contributed by atoms with Crippen LogP contribution in [0.3, 0.4) is 0 Å². The summed E-state index contributed by atoms with van der Waals surface area (Å²) in [5.74, 6) is -0.188. The van der Waals surface area contributed by atoms with Crippen molar-refractivity contribution >= 4 is 11.6 Å². The second kappa shape index (κ2) is 5.25. The second-order valence-electron chi connectivity index (χ2n) is 5.16. The Bertz CT molecular complexity index is 503. The van der Waals surface area contributed by atoms with Gasteiger partial charge in [-0.15, -0.1) is 0 Å². The lowest BCUT2D eigenvalue weighted by Crippen LogP contribution is -2.45. The van der Waals surface area contributed by atoms with E-state index in [-0.39, 0.29) is 23.6 Å². The number of carbonyl (C=O) groups excluding carboxylic acids is 1. The van der Waals surface area contributed by atoms with E-state index in [1.807, 2.05) is 20.8 Å². The van der Waals surface area contributed by atoms with Gasteiger partial charge in [0, 0.05) is 17.8 Å². The van der Waals surface area contributed by atoms with Gasteiger partial charge in [0.25, 0.3) is 5.56 Å². The van der Waals surface area contributed by atoms with Crippen LogP contribution in [0, 0.1) is 6.92 Å². The summed E-state index contributed by atoms with van der Waals surface area (Å²) < 4.78 is 1.32. The van der Waals surface area contributed by atoms with Crippen molar-refractivity contribution < 1.29 is 4.79 Å². The fourth-order valence-electron chi connectivity index (χ4n) is 1.47. The van der Waals surface area contributed by atoms with E-state index < -0.39 is 0 Å². The first-order valence-corrected chi connectivity index (χ1v) is 6.03. The highest BCUT2D eigenvalue weighted by Crippen LogP contribution is 2.08. The Morgan fingerprint density at radius 1 is 1.50 bits per heavy atom.